The number of likely N-dealkylation sites (tertiary alicyclic amines) is 1. The number of carbonyl (C=O) groups is 1. The van der Waals surface area contributed by atoms with Gasteiger partial charge < -0.3 is 10.2 Å². The number of pyridine rings is 1. The molecule has 3 heterocycles. The van der Waals surface area contributed by atoms with E-state index in [9.17, 15) is 4.79 Å². The Bertz CT molecular complexity index is 1060. The van der Waals surface area contributed by atoms with Crippen LogP contribution in [0.3, 0.4) is 0 Å². The second-order valence-electron chi connectivity index (χ2n) is 8.14. The smallest absolute Gasteiger partial charge is 0.245 e. The molecule has 6 nitrogen and oxygen atoms in total. The Kier molecular flexibility index (Phi) is 4.91. The van der Waals surface area contributed by atoms with E-state index in [1.54, 1.807) is 12.4 Å². The van der Waals surface area contributed by atoms with Crippen molar-refractivity contribution in [3.8, 4) is 11.4 Å². The number of nitrogens with one attached hydrogen (secondary N) is 1. The van der Waals surface area contributed by atoms with Gasteiger partial charge in [-0.05, 0) is 50.3 Å². The molecule has 30 heavy (non-hydrogen) atoms. The summed E-state index contributed by atoms with van der Waals surface area (Å²) in [6.07, 6.45) is 7.29. The van der Waals surface area contributed by atoms with E-state index in [-0.39, 0.29) is 11.9 Å². The summed E-state index contributed by atoms with van der Waals surface area (Å²) in [5, 5.41) is 3.47. The first-order valence-electron chi connectivity index (χ1n) is 10.6. The molecule has 1 atom stereocenters. The van der Waals surface area contributed by atoms with Crippen molar-refractivity contribution < 1.29 is 4.79 Å². The van der Waals surface area contributed by atoms with Crippen molar-refractivity contribution in [2.45, 2.75) is 45.2 Å². The van der Waals surface area contributed by atoms with Crippen molar-refractivity contribution in [1.29, 1.82) is 0 Å². The zero-order chi connectivity index (χ0) is 20.5. The van der Waals surface area contributed by atoms with Crippen molar-refractivity contribution in [1.82, 2.24) is 19.9 Å². The summed E-state index contributed by atoms with van der Waals surface area (Å²) in [6.45, 7) is 3.49. The monoisotopic (exact) mass is 399 g/mol. The summed E-state index contributed by atoms with van der Waals surface area (Å²) in [6, 6.07) is 12.0. The number of aryl methyl sites for hydroxylation is 2. The third kappa shape index (κ3) is 3.65. The minimum Gasteiger partial charge on any atom is -0.358 e. The maximum Gasteiger partial charge on any atom is 0.245 e. The third-order valence-corrected chi connectivity index (χ3v) is 5.97. The number of hydrogen-bond acceptors (Lipinski definition) is 5. The van der Waals surface area contributed by atoms with Crippen LogP contribution in [-0.4, -0.2) is 38.3 Å². The van der Waals surface area contributed by atoms with Gasteiger partial charge in [0.15, 0.2) is 5.82 Å². The molecule has 1 saturated heterocycles. The first-order chi connectivity index (χ1) is 14.7. The van der Waals surface area contributed by atoms with E-state index in [1.165, 1.54) is 5.56 Å². The van der Waals surface area contributed by atoms with E-state index in [0.29, 0.717) is 12.4 Å². The maximum absolute atomic E-state index is 13.0. The molecule has 1 fully saturated rings. The average molecular weight is 399 g/mol. The van der Waals surface area contributed by atoms with Gasteiger partial charge in [0.05, 0.1) is 0 Å². The van der Waals surface area contributed by atoms with Crippen molar-refractivity contribution in [3.63, 3.8) is 0 Å². The summed E-state index contributed by atoms with van der Waals surface area (Å²) in [5.74, 6) is 1.66. The lowest BCUT2D eigenvalue weighted by Crippen LogP contribution is -2.33. The van der Waals surface area contributed by atoms with Gasteiger partial charge in [-0.2, -0.15) is 0 Å². The van der Waals surface area contributed by atoms with Gasteiger partial charge in [0.2, 0.25) is 5.91 Å². The molecule has 5 rings (SSSR count). The lowest BCUT2D eigenvalue weighted by Gasteiger charge is -2.19. The minimum atomic E-state index is -0.236. The Morgan fingerprint density at radius 2 is 1.87 bits per heavy atom. The number of fused-ring (bicyclic) bond motifs is 1. The second kappa shape index (κ2) is 7.86. The number of carbonyl (C=O) groups excluding carboxylic acids is 1. The molecule has 1 aliphatic heterocycles. The SMILES string of the molecule is Cc1ccc(CN2CCC(Nc3nc(-c4ccncc4)nc4c3CCC4)C2=O)cc1. The zero-order valence-electron chi connectivity index (χ0n) is 17.1. The Hall–Kier alpha value is -3.28. The molecule has 2 aromatic heterocycles. The molecular weight excluding hydrogens is 374 g/mol. The molecule has 0 saturated carbocycles. The maximum atomic E-state index is 13.0. The molecule has 152 valence electrons. The van der Waals surface area contributed by atoms with E-state index < -0.39 is 0 Å². The van der Waals surface area contributed by atoms with Gasteiger partial charge in [0.25, 0.3) is 0 Å². The number of hydrogen-bond donors (Lipinski definition) is 1. The molecule has 3 aromatic rings. The number of rotatable bonds is 5. The fraction of sp³-hybridized carbons (Fsp3) is 0.333. The number of aromatic nitrogens is 3. The van der Waals surface area contributed by atoms with Crippen LogP contribution in [-0.2, 0) is 24.2 Å². The first-order valence-corrected chi connectivity index (χ1v) is 10.6. The molecule has 1 unspecified atom stereocenters. The first kappa shape index (κ1) is 18.7. The van der Waals surface area contributed by atoms with Gasteiger partial charge in [-0.25, -0.2) is 9.97 Å². The molecule has 1 aliphatic carbocycles. The highest BCUT2D eigenvalue weighted by molar-refractivity contribution is 5.86. The molecule has 1 aromatic carbocycles. The van der Waals surface area contributed by atoms with Gasteiger partial charge >= 0.3 is 0 Å². The summed E-state index contributed by atoms with van der Waals surface area (Å²) in [7, 11) is 0. The van der Waals surface area contributed by atoms with Crippen LogP contribution in [0.25, 0.3) is 11.4 Å². The van der Waals surface area contributed by atoms with Crippen LogP contribution in [0, 0.1) is 6.92 Å². The highest BCUT2D eigenvalue weighted by atomic mass is 16.2. The molecule has 2 aliphatic rings. The Morgan fingerprint density at radius 1 is 1.07 bits per heavy atom. The van der Waals surface area contributed by atoms with Crippen molar-refractivity contribution in [2.75, 3.05) is 11.9 Å². The van der Waals surface area contributed by atoms with E-state index in [4.69, 9.17) is 9.97 Å². The van der Waals surface area contributed by atoms with Crippen molar-refractivity contribution in [3.05, 3.63) is 71.2 Å². The van der Waals surface area contributed by atoms with E-state index >= 15 is 0 Å². The van der Waals surface area contributed by atoms with Crippen LogP contribution < -0.4 is 5.32 Å². The predicted molar refractivity (Wildman–Crippen MR) is 116 cm³/mol. The van der Waals surface area contributed by atoms with Gasteiger partial charge in [0.1, 0.15) is 11.9 Å². The largest absolute Gasteiger partial charge is 0.358 e. The molecule has 0 bridgehead atoms. The molecular formula is C24H25N5O. The lowest BCUT2D eigenvalue weighted by atomic mass is 10.1. The third-order valence-electron chi connectivity index (χ3n) is 5.97. The molecule has 6 heteroatoms. The average Bonchev–Trinajstić information content (AvgIpc) is 3.38. The van der Waals surface area contributed by atoms with Gasteiger partial charge in [-0.15, -0.1) is 0 Å². The normalized spacial score (nSPS) is 18.0. The topological polar surface area (TPSA) is 71.0 Å². The standard InChI is InChI=1S/C24H25N5O/c1-16-5-7-17(8-6-16)15-29-14-11-21(24(29)30)27-23-19-3-2-4-20(19)26-22(28-23)18-9-12-25-13-10-18/h5-10,12-13,21H,2-4,11,14-15H2,1H3,(H,26,27,28). The highest BCUT2D eigenvalue weighted by Crippen LogP contribution is 2.30. The fourth-order valence-corrected chi connectivity index (χ4v) is 4.29. The second-order valence-corrected chi connectivity index (χ2v) is 8.14. The van der Waals surface area contributed by atoms with Gasteiger partial charge in [0, 0.05) is 42.3 Å². The highest BCUT2D eigenvalue weighted by Gasteiger charge is 2.33. The number of nitrogens with zero attached hydrogens (tertiary/aromatic N) is 4. The Labute approximate surface area is 176 Å². The molecule has 1 N–H and O–H groups in total. The van der Waals surface area contributed by atoms with E-state index in [1.807, 2.05) is 17.0 Å². The van der Waals surface area contributed by atoms with Crippen LogP contribution in [0.2, 0.25) is 0 Å². The summed E-state index contributed by atoms with van der Waals surface area (Å²) in [5.41, 5.74) is 5.60. The fourth-order valence-electron chi connectivity index (χ4n) is 4.29. The van der Waals surface area contributed by atoms with Crippen LogP contribution in [0.5, 0.6) is 0 Å². The van der Waals surface area contributed by atoms with Crippen LogP contribution in [0.15, 0.2) is 48.8 Å². The van der Waals surface area contributed by atoms with Crippen molar-refractivity contribution >= 4 is 11.7 Å². The van der Waals surface area contributed by atoms with Crippen LogP contribution in [0.4, 0.5) is 5.82 Å². The summed E-state index contributed by atoms with van der Waals surface area (Å²) < 4.78 is 0. The molecule has 1 amide bonds. The van der Waals surface area contributed by atoms with Crippen LogP contribution in [0.1, 0.15) is 35.2 Å². The number of benzene rings is 1. The minimum absolute atomic E-state index is 0.145. The molecule has 0 radical (unpaired) electrons. The van der Waals surface area contributed by atoms with Crippen molar-refractivity contribution in [2.24, 2.45) is 0 Å². The number of anilines is 1. The quantitative estimate of drug-likeness (QED) is 0.710. The molecule has 0 spiro atoms. The summed E-state index contributed by atoms with van der Waals surface area (Å²) >= 11 is 0. The van der Waals surface area contributed by atoms with Gasteiger partial charge in [-0.3, -0.25) is 9.78 Å². The predicted octanol–water partition coefficient (Wildman–Crippen LogP) is 3.55. The van der Waals surface area contributed by atoms with E-state index in [0.717, 1.165) is 60.4 Å². The van der Waals surface area contributed by atoms with Gasteiger partial charge in [-0.1, -0.05) is 29.8 Å². The van der Waals surface area contributed by atoms with E-state index in [2.05, 4.69) is 41.5 Å². The van der Waals surface area contributed by atoms with Crippen LogP contribution >= 0.6 is 0 Å². The Morgan fingerprint density at radius 3 is 2.67 bits per heavy atom. The number of amides is 1. The zero-order valence-corrected chi connectivity index (χ0v) is 17.1. The summed E-state index contributed by atoms with van der Waals surface area (Å²) in [4.78, 5) is 28.7. The Balaban J connectivity index is 1.36. The lowest BCUT2D eigenvalue weighted by molar-refractivity contribution is -0.128.